The van der Waals surface area contributed by atoms with Crippen LogP contribution in [-0.4, -0.2) is 38.1 Å². The van der Waals surface area contributed by atoms with Gasteiger partial charge in [-0.3, -0.25) is 9.69 Å². The van der Waals surface area contributed by atoms with Crippen LogP contribution in [0, 0.1) is 13.8 Å². The Bertz CT molecular complexity index is 649. The molecule has 0 radical (unpaired) electrons. The lowest BCUT2D eigenvalue weighted by Crippen LogP contribution is -2.36. The molecule has 0 fully saturated rings. The average Bonchev–Trinajstić information content (AvgIpc) is 2.92. The van der Waals surface area contributed by atoms with Crippen molar-refractivity contribution in [1.29, 1.82) is 0 Å². The van der Waals surface area contributed by atoms with Gasteiger partial charge in [-0.05, 0) is 51.7 Å². The summed E-state index contributed by atoms with van der Waals surface area (Å²) in [6.45, 7) is 4.33. The van der Waals surface area contributed by atoms with E-state index in [-0.39, 0.29) is 18.6 Å². The Morgan fingerprint density at radius 1 is 1.22 bits per heavy atom. The minimum atomic E-state index is -0.150. The molecular formula is C18H24N2O3. The zero-order valence-corrected chi connectivity index (χ0v) is 14.1. The first-order chi connectivity index (χ1) is 11.0. The molecule has 0 spiro atoms. The van der Waals surface area contributed by atoms with Crippen molar-refractivity contribution in [2.45, 2.75) is 19.9 Å². The highest BCUT2D eigenvalue weighted by atomic mass is 16.5. The normalized spacial score (nSPS) is 12.2. The molecule has 0 saturated heterocycles. The van der Waals surface area contributed by atoms with Crippen molar-refractivity contribution in [3.63, 3.8) is 0 Å². The Labute approximate surface area is 137 Å². The zero-order chi connectivity index (χ0) is 16.8. The summed E-state index contributed by atoms with van der Waals surface area (Å²) in [6, 6.07) is 11.5. The molecule has 0 aliphatic rings. The SMILES string of the molecule is Cc1ccc(C(CNC(=O)COc2ccccc2C)N(C)C)o1. The van der Waals surface area contributed by atoms with Gasteiger partial charge in [0.1, 0.15) is 17.3 Å². The average molecular weight is 316 g/mol. The molecule has 5 heteroatoms. The number of amides is 1. The Hall–Kier alpha value is -2.27. The van der Waals surface area contributed by atoms with Crippen LogP contribution in [0.1, 0.15) is 23.1 Å². The summed E-state index contributed by atoms with van der Waals surface area (Å²) in [5, 5.41) is 2.90. The maximum atomic E-state index is 12.0. The predicted octanol–water partition coefficient (Wildman–Crippen LogP) is 2.69. The monoisotopic (exact) mass is 316 g/mol. The first-order valence-corrected chi connectivity index (χ1v) is 7.65. The molecule has 1 N–H and O–H groups in total. The van der Waals surface area contributed by atoms with Gasteiger partial charge < -0.3 is 14.5 Å². The largest absolute Gasteiger partial charge is 0.484 e. The molecule has 0 saturated carbocycles. The molecule has 1 heterocycles. The third kappa shape index (κ3) is 4.86. The third-order valence-corrected chi connectivity index (χ3v) is 3.66. The van der Waals surface area contributed by atoms with Crippen LogP contribution in [0.4, 0.5) is 0 Å². The molecule has 0 bridgehead atoms. The van der Waals surface area contributed by atoms with Gasteiger partial charge in [0.2, 0.25) is 0 Å². The number of rotatable bonds is 7. The molecule has 124 valence electrons. The van der Waals surface area contributed by atoms with Crippen molar-refractivity contribution in [1.82, 2.24) is 10.2 Å². The molecule has 5 nitrogen and oxygen atoms in total. The number of carbonyl (C=O) groups is 1. The molecule has 1 unspecified atom stereocenters. The number of carbonyl (C=O) groups excluding carboxylic acids is 1. The topological polar surface area (TPSA) is 54.7 Å². The van der Waals surface area contributed by atoms with Gasteiger partial charge in [0.15, 0.2) is 6.61 Å². The lowest BCUT2D eigenvalue weighted by Gasteiger charge is -2.22. The second-order valence-electron chi connectivity index (χ2n) is 5.79. The smallest absolute Gasteiger partial charge is 0.258 e. The fourth-order valence-corrected chi connectivity index (χ4v) is 2.29. The maximum Gasteiger partial charge on any atom is 0.258 e. The van der Waals surface area contributed by atoms with Crippen LogP contribution < -0.4 is 10.1 Å². The van der Waals surface area contributed by atoms with Crippen molar-refractivity contribution < 1.29 is 13.9 Å². The van der Waals surface area contributed by atoms with Crippen LogP contribution in [-0.2, 0) is 4.79 Å². The van der Waals surface area contributed by atoms with Gasteiger partial charge in [-0.15, -0.1) is 0 Å². The molecule has 1 amide bonds. The minimum absolute atomic E-state index is 0.00217. The summed E-state index contributed by atoms with van der Waals surface area (Å²) in [7, 11) is 3.91. The number of ether oxygens (including phenoxy) is 1. The summed E-state index contributed by atoms with van der Waals surface area (Å²) in [6.07, 6.45) is 0. The van der Waals surface area contributed by atoms with E-state index in [2.05, 4.69) is 5.32 Å². The molecule has 1 aromatic heterocycles. The van der Waals surface area contributed by atoms with Crippen LogP contribution in [0.3, 0.4) is 0 Å². The number of nitrogens with zero attached hydrogens (tertiary/aromatic N) is 1. The Morgan fingerprint density at radius 3 is 2.57 bits per heavy atom. The van der Waals surface area contributed by atoms with Crippen LogP contribution in [0.25, 0.3) is 0 Å². The molecule has 2 aromatic rings. The van der Waals surface area contributed by atoms with Crippen molar-refractivity contribution in [2.75, 3.05) is 27.2 Å². The molecular weight excluding hydrogens is 292 g/mol. The van der Waals surface area contributed by atoms with Gasteiger partial charge in [0.25, 0.3) is 5.91 Å². The van der Waals surface area contributed by atoms with E-state index in [9.17, 15) is 4.79 Å². The lowest BCUT2D eigenvalue weighted by molar-refractivity contribution is -0.123. The van der Waals surface area contributed by atoms with Gasteiger partial charge in [-0.25, -0.2) is 0 Å². The first-order valence-electron chi connectivity index (χ1n) is 7.65. The predicted molar refractivity (Wildman–Crippen MR) is 89.6 cm³/mol. The highest BCUT2D eigenvalue weighted by Gasteiger charge is 2.18. The molecule has 0 aliphatic heterocycles. The summed E-state index contributed by atoms with van der Waals surface area (Å²) < 4.78 is 11.2. The second-order valence-corrected chi connectivity index (χ2v) is 5.79. The zero-order valence-electron chi connectivity index (χ0n) is 14.1. The number of para-hydroxylation sites is 1. The fraction of sp³-hybridized carbons (Fsp3) is 0.389. The number of hydrogen-bond acceptors (Lipinski definition) is 4. The number of likely N-dealkylation sites (N-methyl/N-ethyl adjacent to an activating group) is 1. The minimum Gasteiger partial charge on any atom is -0.484 e. The van der Waals surface area contributed by atoms with Crippen LogP contribution in [0.2, 0.25) is 0 Å². The molecule has 1 atom stereocenters. The van der Waals surface area contributed by atoms with Crippen molar-refractivity contribution in [3.8, 4) is 5.75 Å². The van der Waals surface area contributed by atoms with E-state index in [1.54, 1.807) is 0 Å². The summed E-state index contributed by atoms with van der Waals surface area (Å²) in [4.78, 5) is 14.0. The highest BCUT2D eigenvalue weighted by Crippen LogP contribution is 2.20. The summed E-state index contributed by atoms with van der Waals surface area (Å²) in [5.41, 5.74) is 1.01. The maximum absolute atomic E-state index is 12.0. The van der Waals surface area contributed by atoms with E-state index < -0.39 is 0 Å². The molecule has 0 aliphatic carbocycles. The van der Waals surface area contributed by atoms with Crippen LogP contribution in [0.15, 0.2) is 40.8 Å². The van der Waals surface area contributed by atoms with E-state index >= 15 is 0 Å². The first kappa shape index (κ1) is 17.1. The Balaban J connectivity index is 1.86. The van der Waals surface area contributed by atoms with Gasteiger partial charge in [-0.1, -0.05) is 18.2 Å². The highest BCUT2D eigenvalue weighted by molar-refractivity contribution is 5.77. The number of nitrogens with one attached hydrogen (secondary N) is 1. The lowest BCUT2D eigenvalue weighted by atomic mass is 10.2. The van der Waals surface area contributed by atoms with Gasteiger partial charge in [0, 0.05) is 6.54 Å². The third-order valence-electron chi connectivity index (χ3n) is 3.66. The fourth-order valence-electron chi connectivity index (χ4n) is 2.29. The van der Waals surface area contributed by atoms with Gasteiger partial charge in [0.05, 0.1) is 6.04 Å². The molecule has 2 rings (SSSR count). The molecule has 1 aromatic carbocycles. The van der Waals surface area contributed by atoms with Crippen LogP contribution in [0.5, 0.6) is 5.75 Å². The van der Waals surface area contributed by atoms with Crippen molar-refractivity contribution >= 4 is 5.91 Å². The number of benzene rings is 1. The second kappa shape index (κ2) is 7.83. The van der Waals surface area contributed by atoms with Crippen LogP contribution >= 0.6 is 0 Å². The summed E-state index contributed by atoms with van der Waals surface area (Å²) in [5.74, 6) is 2.28. The van der Waals surface area contributed by atoms with Gasteiger partial charge >= 0.3 is 0 Å². The summed E-state index contributed by atoms with van der Waals surface area (Å²) >= 11 is 0. The van der Waals surface area contributed by atoms with E-state index in [1.165, 1.54) is 0 Å². The van der Waals surface area contributed by atoms with E-state index in [1.807, 2.05) is 69.2 Å². The number of hydrogen-bond donors (Lipinski definition) is 1. The van der Waals surface area contributed by atoms with Crippen molar-refractivity contribution in [3.05, 3.63) is 53.5 Å². The molecule has 23 heavy (non-hydrogen) atoms. The van der Waals surface area contributed by atoms with Gasteiger partial charge in [-0.2, -0.15) is 0 Å². The van der Waals surface area contributed by atoms with E-state index in [0.717, 1.165) is 22.8 Å². The van der Waals surface area contributed by atoms with Crippen molar-refractivity contribution in [2.24, 2.45) is 0 Å². The number of aryl methyl sites for hydroxylation is 2. The Kier molecular flexibility index (Phi) is 5.82. The number of furan rings is 1. The van der Waals surface area contributed by atoms with E-state index in [4.69, 9.17) is 9.15 Å². The standard InChI is InChI=1S/C18H24N2O3/c1-13-7-5-6-8-16(13)22-12-18(21)19-11-15(20(3)4)17-10-9-14(2)23-17/h5-10,15H,11-12H2,1-4H3,(H,19,21). The Morgan fingerprint density at radius 2 is 1.96 bits per heavy atom. The van der Waals surface area contributed by atoms with E-state index in [0.29, 0.717) is 6.54 Å². The quantitative estimate of drug-likeness (QED) is 0.853.